The number of carbonyl (C=O) groups excluding carboxylic acids is 1. The Bertz CT molecular complexity index is 1040. The van der Waals surface area contributed by atoms with E-state index in [1.807, 2.05) is 54.1 Å². The molecule has 3 aromatic heterocycles. The molecule has 0 saturated carbocycles. The van der Waals surface area contributed by atoms with Crippen molar-refractivity contribution in [3.8, 4) is 10.7 Å². The van der Waals surface area contributed by atoms with Crippen LogP contribution >= 0.6 is 22.7 Å². The number of benzene rings is 1. The van der Waals surface area contributed by atoms with Crippen LogP contribution < -0.4 is 5.32 Å². The highest BCUT2D eigenvalue weighted by Gasteiger charge is 2.11. The summed E-state index contributed by atoms with van der Waals surface area (Å²) in [7, 11) is 0. The van der Waals surface area contributed by atoms with Crippen LogP contribution in [-0.4, -0.2) is 31.1 Å². The Morgan fingerprint density at radius 1 is 1.19 bits per heavy atom. The summed E-state index contributed by atoms with van der Waals surface area (Å²) < 4.78 is 0. The fourth-order valence-corrected chi connectivity index (χ4v) is 3.87. The molecule has 4 rings (SSSR count). The van der Waals surface area contributed by atoms with E-state index in [4.69, 9.17) is 0 Å². The minimum absolute atomic E-state index is 0.0846. The monoisotopic (exact) mass is 396 g/mol. The molecule has 3 heterocycles. The molecule has 27 heavy (non-hydrogen) atoms. The van der Waals surface area contributed by atoms with Crippen LogP contribution in [0.5, 0.6) is 0 Å². The molecule has 0 saturated heterocycles. The van der Waals surface area contributed by atoms with Crippen LogP contribution in [0.3, 0.4) is 0 Å². The first-order chi connectivity index (χ1) is 13.2. The molecule has 1 amide bonds. The quantitative estimate of drug-likeness (QED) is 0.540. The van der Waals surface area contributed by atoms with E-state index >= 15 is 0 Å². The molecule has 0 fully saturated rings. The Kier molecular flexibility index (Phi) is 5.03. The maximum atomic E-state index is 12.2. The van der Waals surface area contributed by atoms with E-state index in [9.17, 15) is 4.79 Å². The Labute approximate surface area is 163 Å². The molecule has 0 radical (unpaired) electrons. The van der Waals surface area contributed by atoms with E-state index in [0.717, 1.165) is 26.8 Å². The number of rotatable bonds is 6. The molecular formula is C18H16N6OS2. The minimum atomic E-state index is -0.0846. The van der Waals surface area contributed by atoms with E-state index in [1.54, 1.807) is 11.3 Å². The summed E-state index contributed by atoms with van der Waals surface area (Å²) in [6, 6.07) is 11.6. The highest BCUT2D eigenvalue weighted by atomic mass is 32.1. The molecule has 0 unspecified atom stereocenters. The number of thiophene rings is 1. The molecule has 0 spiro atoms. The second kappa shape index (κ2) is 7.77. The molecule has 0 aliphatic rings. The number of tetrazole rings is 1. The standard InChI is InChI=1S/C18H16N6OS2/c1-12-4-6-13(7-5-12)19-16(25)9-17-20-14(11-27-17)10-24-22-18(21-23-24)15-3-2-8-26-15/h2-8,11H,9-10H2,1H3,(H,19,25). The zero-order valence-electron chi connectivity index (χ0n) is 14.5. The Hall–Kier alpha value is -2.91. The molecule has 0 bridgehead atoms. The largest absolute Gasteiger partial charge is 0.326 e. The number of amides is 1. The van der Waals surface area contributed by atoms with Crippen LogP contribution in [0.15, 0.2) is 47.2 Å². The predicted molar refractivity (Wildman–Crippen MR) is 106 cm³/mol. The first-order valence-electron chi connectivity index (χ1n) is 8.27. The number of aryl methyl sites for hydroxylation is 1. The third-order valence-corrected chi connectivity index (χ3v) is 5.51. The van der Waals surface area contributed by atoms with Gasteiger partial charge >= 0.3 is 0 Å². The molecule has 4 aromatic rings. The lowest BCUT2D eigenvalue weighted by Crippen LogP contribution is -2.14. The second-order valence-electron chi connectivity index (χ2n) is 5.94. The number of anilines is 1. The van der Waals surface area contributed by atoms with Crippen molar-refractivity contribution in [2.24, 2.45) is 0 Å². The van der Waals surface area contributed by atoms with Gasteiger partial charge in [0.15, 0.2) is 0 Å². The topological polar surface area (TPSA) is 85.6 Å². The van der Waals surface area contributed by atoms with Crippen LogP contribution in [0.2, 0.25) is 0 Å². The highest BCUT2D eigenvalue weighted by molar-refractivity contribution is 7.13. The van der Waals surface area contributed by atoms with Crippen molar-refractivity contribution < 1.29 is 4.79 Å². The van der Waals surface area contributed by atoms with Crippen LogP contribution in [0.4, 0.5) is 5.69 Å². The van der Waals surface area contributed by atoms with Gasteiger partial charge in [-0.05, 0) is 35.7 Å². The van der Waals surface area contributed by atoms with Gasteiger partial charge in [-0.2, -0.15) is 4.80 Å². The summed E-state index contributed by atoms with van der Waals surface area (Å²) in [4.78, 5) is 19.2. The van der Waals surface area contributed by atoms with Gasteiger partial charge in [0.05, 0.1) is 17.0 Å². The predicted octanol–water partition coefficient (Wildman–Crippen LogP) is 3.40. The summed E-state index contributed by atoms with van der Waals surface area (Å²) in [6.07, 6.45) is 0.240. The van der Waals surface area contributed by atoms with Crippen molar-refractivity contribution in [1.82, 2.24) is 25.2 Å². The summed E-state index contributed by atoms with van der Waals surface area (Å²) in [5.74, 6) is 0.525. The average molecular weight is 397 g/mol. The molecule has 136 valence electrons. The van der Waals surface area contributed by atoms with Crippen LogP contribution in [0, 0.1) is 6.92 Å². The third-order valence-electron chi connectivity index (χ3n) is 3.74. The Morgan fingerprint density at radius 3 is 2.81 bits per heavy atom. The van der Waals surface area contributed by atoms with Crippen LogP contribution in [0.1, 0.15) is 16.3 Å². The Morgan fingerprint density at radius 2 is 2.04 bits per heavy atom. The zero-order valence-corrected chi connectivity index (χ0v) is 16.1. The maximum Gasteiger partial charge on any atom is 0.231 e. The fourth-order valence-electron chi connectivity index (χ4n) is 2.44. The molecule has 7 nitrogen and oxygen atoms in total. The number of nitrogens with one attached hydrogen (secondary N) is 1. The summed E-state index contributed by atoms with van der Waals surface area (Å²) in [5, 5.41) is 20.0. The van der Waals surface area contributed by atoms with E-state index < -0.39 is 0 Å². The molecule has 9 heteroatoms. The molecule has 1 N–H and O–H groups in total. The lowest BCUT2D eigenvalue weighted by Gasteiger charge is -2.04. The number of hydrogen-bond acceptors (Lipinski definition) is 7. The smallest absolute Gasteiger partial charge is 0.231 e. The van der Waals surface area contributed by atoms with Crippen molar-refractivity contribution in [2.75, 3.05) is 5.32 Å². The summed E-state index contributed by atoms with van der Waals surface area (Å²) in [5.41, 5.74) is 2.75. The fraction of sp³-hybridized carbons (Fsp3) is 0.167. The second-order valence-corrected chi connectivity index (χ2v) is 7.83. The number of thiazole rings is 1. The molecule has 1 aromatic carbocycles. The van der Waals surface area contributed by atoms with Gasteiger partial charge in [0.1, 0.15) is 11.6 Å². The molecule has 0 aliphatic carbocycles. The molecule has 0 aliphatic heterocycles. The summed E-state index contributed by atoms with van der Waals surface area (Å²) >= 11 is 3.03. The van der Waals surface area contributed by atoms with Crippen molar-refractivity contribution in [3.05, 3.63) is 63.4 Å². The third kappa shape index (κ3) is 4.44. The van der Waals surface area contributed by atoms with E-state index in [1.165, 1.54) is 16.1 Å². The van der Waals surface area contributed by atoms with Crippen molar-refractivity contribution >= 4 is 34.3 Å². The number of nitrogens with zero attached hydrogens (tertiary/aromatic N) is 5. The number of carbonyl (C=O) groups is 1. The van der Waals surface area contributed by atoms with Gasteiger partial charge in [0, 0.05) is 11.1 Å². The van der Waals surface area contributed by atoms with Crippen LogP contribution in [-0.2, 0) is 17.8 Å². The van der Waals surface area contributed by atoms with Gasteiger partial charge in [-0.3, -0.25) is 4.79 Å². The zero-order chi connectivity index (χ0) is 18.6. The van der Waals surface area contributed by atoms with Gasteiger partial charge in [-0.1, -0.05) is 23.8 Å². The van der Waals surface area contributed by atoms with Gasteiger partial charge in [-0.15, -0.1) is 32.9 Å². The van der Waals surface area contributed by atoms with Crippen molar-refractivity contribution in [3.63, 3.8) is 0 Å². The first-order valence-corrected chi connectivity index (χ1v) is 10.0. The summed E-state index contributed by atoms with van der Waals surface area (Å²) in [6.45, 7) is 2.44. The van der Waals surface area contributed by atoms with Gasteiger partial charge in [0.2, 0.25) is 11.7 Å². The average Bonchev–Trinajstić information content (AvgIpc) is 3.39. The molecule has 0 atom stereocenters. The lowest BCUT2D eigenvalue weighted by atomic mass is 10.2. The number of aromatic nitrogens is 5. The normalized spacial score (nSPS) is 10.9. The molecular weight excluding hydrogens is 380 g/mol. The minimum Gasteiger partial charge on any atom is -0.326 e. The lowest BCUT2D eigenvalue weighted by molar-refractivity contribution is -0.115. The first kappa shape index (κ1) is 17.5. The Balaban J connectivity index is 1.35. The van der Waals surface area contributed by atoms with E-state index in [0.29, 0.717) is 12.4 Å². The van der Waals surface area contributed by atoms with Crippen LogP contribution in [0.25, 0.3) is 10.7 Å². The van der Waals surface area contributed by atoms with Crippen molar-refractivity contribution in [2.45, 2.75) is 19.9 Å². The van der Waals surface area contributed by atoms with E-state index in [-0.39, 0.29) is 12.3 Å². The van der Waals surface area contributed by atoms with E-state index in [2.05, 4.69) is 25.7 Å². The maximum absolute atomic E-state index is 12.2. The highest BCUT2D eigenvalue weighted by Crippen LogP contribution is 2.20. The van der Waals surface area contributed by atoms with Crippen molar-refractivity contribution in [1.29, 1.82) is 0 Å². The number of hydrogen-bond donors (Lipinski definition) is 1. The SMILES string of the molecule is Cc1ccc(NC(=O)Cc2nc(Cn3nnc(-c4cccs4)n3)cs2)cc1. The van der Waals surface area contributed by atoms with Gasteiger partial charge < -0.3 is 5.32 Å². The van der Waals surface area contributed by atoms with Gasteiger partial charge in [0.25, 0.3) is 0 Å². The van der Waals surface area contributed by atoms with Gasteiger partial charge in [-0.25, -0.2) is 4.98 Å².